The van der Waals surface area contributed by atoms with Crippen LogP contribution >= 0.6 is 0 Å². The predicted octanol–water partition coefficient (Wildman–Crippen LogP) is 1.91. The zero-order chi connectivity index (χ0) is 12.6. The van der Waals surface area contributed by atoms with E-state index in [-0.39, 0.29) is 5.60 Å². The summed E-state index contributed by atoms with van der Waals surface area (Å²) in [6, 6.07) is 0. The Morgan fingerprint density at radius 1 is 1.35 bits per heavy atom. The van der Waals surface area contributed by atoms with Crippen LogP contribution in [0.15, 0.2) is 4.99 Å². The minimum Gasteiger partial charge on any atom is -0.373 e. The Morgan fingerprint density at radius 3 is 2.76 bits per heavy atom. The van der Waals surface area contributed by atoms with Gasteiger partial charge in [0.05, 0.1) is 12.1 Å². The lowest BCUT2D eigenvalue weighted by Crippen LogP contribution is -2.39. The van der Waals surface area contributed by atoms with E-state index in [9.17, 15) is 0 Å². The van der Waals surface area contributed by atoms with Crippen LogP contribution < -0.4 is 10.6 Å². The topological polar surface area (TPSA) is 45.7 Å². The molecule has 0 amide bonds. The van der Waals surface area contributed by atoms with Crippen LogP contribution in [0, 0.1) is 0 Å². The molecule has 4 nitrogen and oxygen atoms in total. The van der Waals surface area contributed by atoms with Crippen LogP contribution in [0.25, 0.3) is 0 Å². The quantitative estimate of drug-likeness (QED) is 0.424. The number of hydrogen-bond acceptors (Lipinski definition) is 2. The fourth-order valence-corrected chi connectivity index (χ4v) is 1.93. The molecule has 1 heterocycles. The first-order valence-corrected chi connectivity index (χ1v) is 6.86. The first-order valence-electron chi connectivity index (χ1n) is 6.86. The van der Waals surface area contributed by atoms with Crippen LogP contribution in [-0.2, 0) is 4.74 Å². The maximum atomic E-state index is 5.73. The normalized spacial score (nSPS) is 25.0. The van der Waals surface area contributed by atoms with E-state index in [1.807, 2.05) is 0 Å². The Morgan fingerprint density at radius 2 is 2.18 bits per heavy atom. The lowest BCUT2D eigenvalue weighted by atomic mass is 10.0. The molecule has 0 aliphatic carbocycles. The number of unbranched alkanes of at least 4 members (excludes halogenated alkanes) is 1. The first-order chi connectivity index (χ1) is 8.20. The van der Waals surface area contributed by atoms with Gasteiger partial charge in [-0.3, -0.25) is 4.99 Å². The van der Waals surface area contributed by atoms with Crippen molar-refractivity contribution < 1.29 is 4.74 Å². The molecule has 0 spiro atoms. The molecular formula is C13H27N3O. The van der Waals surface area contributed by atoms with Gasteiger partial charge in [-0.1, -0.05) is 13.3 Å². The molecular weight excluding hydrogens is 214 g/mol. The smallest absolute Gasteiger partial charge is 0.191 e. The van der Waals surface area contributed by atoms with Crippen LogP contribution in [0.2, 0.25) is 0 Å². The number of aliphatic imine (C=N–C) groups is 1. The van der Waals surface area contributed by atoms with Crippen LogP contribution in [0.5, 0.6) is 0 Å². The number of nitrogens with one attached hydrogen (secondary N) is 2. The van der Waals surface area contributed by atoms with Crippen molar-refractivity contribution in [3.8, 4) is 0 Å². The van der Waals surface area contributed by atoms with Gasteiger partial charge in [0.2, 0.25) is 0 Å². The summed E-state index contributed by atoms with van der Waals surface area (Å²) in [6.45, 7) is 9.94. The molecule has 1 rings (SSSR count). The number of ether oxygens (including phenoxy) is 1. The van der Waals surface area contributed by atoms with E-state index in [0.717, 1.165) is 45.0 Å². The van der Waals surface area contributed by atoms with E-state index in [0.29, 0.717) is 0 Å². The van der Waals surface area contributed by atoms with Gasteiger partial charge in [0.25, 0.3) is 0 Å². The number of guanidine groups is 1. The summed E-state index contributed by atoms with van der Waals surface area (Å²) in [5.74, 6) is 0.915. The Bertz CT molecular complexity index is 235. The highest BCUT2D eigenvalue weighted by atomic mass is 16.5. The molecule has 17 heavy (non-hydrogen) atoms. The average molecular weight is 241 g/mol. The van der Waals surface area contributed by atoms with Crippen molar-refractivity contribution in [3.63, 3.8) is 0 Å². The molecule has 0 aromatic rings. The van der Waals surface area contributed by atoms with E-state index in [2.05, 4.69) is 36.4 Å². The molecule has 1 saturated heterocycles. The zero-order valence-electron chi connectivity index (χ0n) is 11.5. The van der Waals surface area contributed by atoms with Gasteiger partial charge in [0.1, 0.15) is 0 Å². The van der Waals surface area contributed by atoms with Crippen molar-refractivity contribution in [1.82, 2.24) is 10.6 Å². The standard InChI is InChI=1S/C13H27N3O/c1-4-6-9-15-12(14-5-2)16-11-13(3)8-7-10-17-13/h4-11H2,1-3H3,(H2,14,15,16). The van der Waals surface area contributed by atoms with Crippen LogP contribution in [0.4, 0.5) is 0 Å². The molecule has 0 bridgehead atoms. The molecule has 4 heteroatoms. The maximum Gasteiger partial charge on any atom is 0.191 e. The van der Waals surface area contributed by atoms with Crippen molar-refractivity contribution in [2.24, 2.45) is 4.99 Å². The summed E-state index contributed by atoms with van der Waals surface area (Å²) < 4.78 is 5.73. The third-order valence-corrected chi connectivity index (χ3v) is 3.04. The average Bonchev–Trinajstić information content (AvgIpc) is 2.74. The monoisotopic (exact) mass is 241 g/mol. The molecule has 0 radical (unpaired) electrons. The largest absolute Gasteiger partial charge is 0.373 e. The van der Waals surface area contributed by atoms with E-state index < -0.39 is 0 Å². The highest BCUT2D eigenvalue weighted by Gasteiger charge is 2.29. The number of rotatable bonds is 6. The zero-order valence-corrected chi connectivity index (χ0v) is 11.5. The third-order valence-electron chi connectivity index (χ3n) is 3.04. The molecule has 1 aliphatic rings. The van der Waals surface area contributed by atoms with Crippen molar-refractivity contribution in [2.45, 2.75) is 52.1 Å². The van der Waals surface area contributed by atoms with Gasteiger partial charge >= 0.3 is 0 Å². The molecule has 2 N–H and O–H groups in total. The molecule has 1 unspecified atom stereocenters. The minimum atomic E-state index is -0.0485. The van der Waals surface area contributed by atoms with Gasteiger partial charge in [-0.25, -0.2) is 0 Å². The van der Waals surface area contributed by atoms with Crippen molar-refractivity contribution >= 4 is 5.96 Å². The van der Waals surface area contributed by atoms with Crippen LogP contribution in [0.3, 0.4) is 0 Å². The lowest BCUT2D eigenvalue weighted by molar-refractivity contribution is 0.0283. The second kappa shape index (κ2) is 7.54. The summed E-state index contributed by atoms with van der Waals surface area (Å²) in [4.78, 5) is 4.61. The van der Waals surface area contributed by atoms with Gasteiger partial charge in [0, 0.05) is 19.7 Å². The van der Waals surface area contributed by atoms with Crippen molar-refractivity contribution in [1.29, 1.82) is 0 Å². The summed E-state index contributed by atoms with van der Waals surface area (Å²) >= 11 is 0. The third kappa shape index (κ3) is 5.39. The minimum absolute atomic E-state index is 0.0485. The Hall–Kier alpha value is -0.770. The fraction of sp³-hybridized carbons (Fsp3) is 0.923. The molecule has 0 saturated carbocycles. The van der Waals surface area contributed by atoms with Crippen LogP contribution in [0.1, 0.15) is 46.5 Å². The number of nitrogens with zero attached hydrogens (tertiary/aromatic N) is 1. The van der Waals surface area contributed by atoms with Gasteiger partial charge in [-0.15, -0.1) is 0 Å². The van der Waals surface area contributed by atoms with Gasteiger partial charge in [0.15, 0.2) is 5.96 Å². The lowest BCUT2D eigenvalue weighted by Gasteiger charge is -2.21. The van der Waals surface area contributed by atoms with E-state index in [1.165, 1.54) is 12.8 Å². The van der Waals surface area contributed by atoms with Gasteiger partial charge < -0.3 is 15.4 Å². The molecule has 1 aliphatic heterocycles. The molecule has 1 atom stereocenters. The van der Waals surface area contributed by atoms with Crippen molar-refractivity contribution in [3.05, 3.63) is 0 Å². The van der Waals surface area contributed by atoms with Gasteiger partial charge in [-0.05, 0) is 33.1 Å². The Kier molecular flexibility index (Phi) is 6.34. The van der Waals surface area contributed by atoms with E-state index in [4.69, 9.17) is 4.74 Å². The molecule has 1 fully saturated rings. The highest BCUT2D eigenvalue weighted by molar-refractivity contribution is 5.79. The maximum absolute atomic E-state index is 5.73. The highest BCUT2D eigenvalue weighted by Crippen LogP contribution is 2.24. The summed E-state index contributed by atoms with van der Waals surface area (Å²) in [7, 11) is 0. The Balaban J connectivity index is 2.38. The predicted molar refractivity (Wildman–Crippen MR) is 72.5 cm³/mol. The first kappa shape index (κ1) is 14.3. The molecule has 0 aromatic carbocycles. The summed E-state index contributed by atoms with van der Waals surface area (Å²) in [6.07, 6.45) is 4.65. The summed E-state index contributed by atoms with van der Waals surface area (Å²) in [5, 5.41) is 6.61. The second-order valence-corrected chi connectivity index (χ2v) is 4.88. The van der Waals surface area contributed by atoms with E-state index in [1.54, 1.807) is 0 Å². The Labute approximate surface area is 105 Å². The summed E-state index contributed by atoms with van der Waals surface area (Å²) in [5.41, 5.74) is -0.0485. The van der Waals surface area contributed by atoms with E-state index >= 15 is 0 Å². The number of hydrogen-bond donors (Lipinski definition) is 2. The van der Waals surface area contributed by atoms with Crippen LogP contribution in [-0.4, -0.2) is 37.8 Å². The fourth-order valence-electron chi connectivity index (χ4n) is 1.93. The molecule has 0 aromatic heterocycles. The molecule has 100 valence electrons. The van der Waals surface area contributed by atoms with Gasteiger partial charge in [-0.2, -0.15) is 0 Å². The SMILES string of the molecule is CCCCNC(=NCC1(C)CCCO1)NCC. The second-order valence-electron chi connectivity index (χ2n) is 4.88. The van der Waals surface area contributed by atoms with Crippen molar-refractivity contribution in [2.75, 3.05) is 26.2 Å².